The van der Waals surface area contributed by atoms with E-state index in [1.54, 1.807) is 26.4 Å². The monoisotopic (exact) mass is 478 g/mol. The van der Waals surface area contributed by atoms with Crippen LogP contribution in [0.15, 0.2) is 40.2 Å². The second-order valence-electron chi connectivity index (χ2n) is 5.76. The molecule has 0 aliphatic carbocycles. The maximum absolute atomic E-state index is 12.7. The minimum absolute atomic E-state index is 0.317. The molecule has 0 radical (unpaired) electrons. The number of hydrogen-bond acceptors (Lipinski definition) is 7. The number of halogens is 1. The summed E-state index contributed by atoms with van der Waals surface area (Å²) in [5.74, 6) is 1.93. The van der Waals surface area contributed by atoms with Gasteiger partial charge in [-0.15, -0.1) is 11.3 Å². The van der Waals surface area contributed by atoms with Crippen LogP contribution in [0.4, 0.5) is 5.13 Å². The number of hydrogen-bond donors (Lipinski definition) is 1. The third-order valence-corrected chi connectivity index (χ3v) is 5.65. The molecule has 9 heteroatoms. The summed E-state index contributed by atoms with van der Waals surface area (Å²) in [7, 11) is 6.21. The zero-order valence-electron chi connectivity index (χ0n) is 16.2. The van der Waals surface area contributed by atoms with Crippen molar-refractivity contribution in [1.29, 1.82) is 0 Å². The molecule has 0 atom stereocenters. The van der Waals surface area contributed by atoms with Gasteiger partial charge in [0.2, 0.25) is 0 Å². The van der Waals surface area contributed by atoms with E-state index in [1.807, 2.05) is 23.6 Å². The second-order valence-corrected chi connectivity index (χ2v) is 7.41. The number of carbonyl (C=O) groups is 1. The Morgan fingerprint density at radius 1 is 0.931 bits per heavy atom. The van der Waals surface area contributed by atoms with E-state index in [0.29, 0.717) is 38.2 Å². The van der Waals surface area contributed by atoms with E-state index in [2.05, 4.69) is 26.2 Å². The van der Waals surface area contributed by atoms with Gasteiger partial charge in [0.15, 0.2) is 16.6 Å². The first-order valence-corrected chi connectivity index (χ1v) is 10.1. The van der Waals surface area contributed by atoms with Gasteiger partial charge < -0.3 is 18.9 Å². The maximum Gasteiger partial charge on any atom is 0.257 e. The average Bonchev–Trinajstić information content (AvgIpc) is 3.21. The van der Waals surface area contributed by atoms with Gasteiger partial charge in [0.05, 0.1) is 34.1 Å². The number of amides is 1. The van der Waals surface area contributed by atoms with E-state index in [0.717, 1.165) is 11.3 Å². The van der Waals surface area contributed by atoms with Crippen molar-refractivity contribution in [3.05, 3.63) is 45.7 Å². The van der Waals surface area contributed by atoms with Crippen molar-refractivity contribution in [2.24, 2.45) is 0 Å². The second kappa shape index (κ2) is 9.15. The molecule has 1 heterocycles. The van der Waals surface area contributed by atoms with E-state index in [9.17, 15) is 4.79 Å². The van der Waals surface area contributed by atoms with E-state index in [-0.39, 0.29) is 5.91 Å². The lowest BCUT2D eigenvalue weighted by Gasteiger charge is -2.11. The van der Waals surface area contributed by atoms with Crippen LogP contribution < -0.4 is 24.3 Å². The number of nitrogens with zero attached hydrogens (tertiary/aromatic N) is 1. The number of thiazole rings is 1. The average molecular weight is 479 g/mol. The molecule has 0 spiro atoms. The lowest BCUT2D eigenvalue weighted by molar-refractivity contribution is 0.102. The summed E-state index contributed by atoms with van der Waals surface area (Å²) in [5, 5.41) is 5.14. The molecule has 0 unspecified atom stereocenters. The quantitative estimate of drug-likeness (QED) is 0.522. The Balaban J connectivity index is 1.83. The third-order valence-electron chi connectivity index (χ3n) is 4.11. The summed E-state index contributed by atoms with van der Waals surface area (Å²) in [6, 6.07) is 8.79. The Kier molecular flexibility index (Phi) is 6.60. The number of nitrogens with one attached hydrogen (secondary N) is 1. The van der Waals surface area contributed by atoms with Gasteiger partial charge in [0, 0.05) is 16.5 Å². The molecular formula is C20H19BrN2O5S. The molecule has 0 bridgehead atoms. The van der Waals surface area contributed by atoms with Crippen molar-refractivity contribution in [1.82, 2.24) is 4.98 Å². The first-order valence-electron chi connectivity index (χ1n) is 8.41. The Morgan fingerprint density at radius 2 is 1.55 bits per heavy atom. The number of aromatic nitrogens is 1. The fraction of sp³-hybridized carbons (Fsp3) is 0.200. The van der Waals surface area contributed by atoms with Crippen molar-refractivity contribution in [3.8, 4) is 34.3 Å². The van der Waals surface area contributed by atoms with Crippen LogP contribution in [-0.4, -0.2) is 39.3 Å². The van der Waals surface area contributed by atoms with Crippen LogP contribution >= 0.6 is 27.3 Å². The number of ether oxygens (including phenoxy) is 4. The van der Waals surface area contributed by atoms with Gasteiger partial charge in [-0.05, 0) is 46.3 Å². The molecule has 3 aromatic rings. The summed E-state index contributed by atoms with van der Waals surface area (Å²) >= 11 is 4.72. The van der Waals surface area contributed by atoms with Crippen LogP contribution in [0.5, 0.6) is 23.0 Å². The van der Waals surface area contributed by atoms with E-state index < -0.39 is 0 Å². The molecular weight excluding hydrogens is 460 g/mol. The van der Waals surface area contributed by atoms with Crippen molar-refractivity contribution in [2.45, 2.75) is 0 Å². The summed E-state index contributed by atoms with van der Waals surface area (Å²) in [6.07, 6.45) is 0. The van der Waals surface area contributed by atoms with Crippen LogP contribution in [0, 0.1) is 0 Å². The Hall–Kier alpha value is -2.78. The van der Waals surface area contributed by atoms with Crippen molar-refractivity contribution >= 4 is 38.3 Å². The zero-order valence-corrected chi connectivity index (χ0v) is 18.6. The lowest BCUT2D eigenvalue weighted by Crippen LogP contribution is -2.12. The fourth-order valence-electron chi connectivity index (χ4n) is 2.63. The van der Waals surface area contributed by atoms with Gasteiger partial charge in [-0.25, -0.2) is 4.98 Å². The van der Waals surface area contributed by atoms with Gasteiger partial charge in [-0.3, -0.25) is 10.1 Å². The molecule has 3 rings (SSSR count). The number of rotatable bonds is 7. The molecule has 2 aromatic carbocycles. The van der Waals surface area contributed by atoms with E-state index in [1.165, 1.54) is 25.6 Å². The third kappa shape index (κ3) is 4.46. The standard InChI is InChI=1S/C20H19BrN2O5S/c1-25-14-6-5-11(7-15(14)26-2)13-10-29-20(22-13)23-19(24)12-8-16(27-3)18(21)17(9-12)28-4/h5-10H,1-4H3,(H,22,23,24). The van der Waals surface area contributed by atoms with Crippen LogP contribution in [0.2, 0.25) is 0 Å². The van der Waals surface area contributed by atoms with Crippen molar-refractivity contribution < 1.29 is 23.7 Å². The molecule has 1 N–H and O–H groups in total. The molecule has 0 saturated carbocycles. The molecule has 152 valence electrons. The molecule has 0 fully saturated rings. The molecule has 1 aromatic heterocycles. The molecule has 29 heavy (non-hydrogen) atoms. The van der Waals surface area contributed by atoms with Crippen LogP contribution in [0.25, 0.3) is 11.3 Å². The van der Waals surface area contributed by atoms with Crippen LogP contribution in [0.1, 0.15) is 10.4 Å². The van der Waals surface area contributed by atoms with Gasteiger partial charge in [0.1, 0.15) is 16.0 Å². The Morgan fingerprint density at radius 3 is 2.14 bits per heavy atom. The number of carbonyl (C=O) groups excluding carboxylic acids is 1. The predicted molar refractivity (Wildman–Crippen MR) is 116 cm³/mol. The van der Waals surface area contributed by atoms with Crippen molar-refractivity contribution in [2.75, 3.05) is 33.8 Å². The SMILES string of the molecule is COc1ccc(-c2csc(NC(=O)c3cc(OC)c(Br)c(OC)c3)n2)cc1OC. The first kappa shape index (κ1) is 20.9. The summed E-state index contributed by atoms with van der Waals surface area (Å²) in [6.45, 7) is 0. The highest BCUT2D eigenvalue weighted by Gasteiger charge is 2.16. The molecule has 1 amide bonds. The van der Waals surface area contributed by atoms with Gasteiger partial charge in [-0.1, -0.05) is 0 Å². The van der Waals surface area contributed by atoms with Gasteiger partial charge in [-0.2, -0.15) is 0 Å². The highest BCUT2D eigenvalue weighted by atomic mass is 79.9. The smallest absolute Gasteiger partial charge is 0.257 e. The Bertz CT molecular complexity index is 1010. The van der Waals surface area contributed by atoms with E-state index >= 15 is 0 Å². The lowest BCUT2D eigenvalue weighted by atomic mass is 10.1. The maximum atomic E-state index is 12.7. The Labute approximate surface area is 180 Å². The molecule has 0 aliphatic rings. The molecule has 0 aliphatic heterocycles. The summed E-state index contributed by atoms with van der Waals surface area (Å²) < 4.78 is 21.8. The van der Waals surface area contributed by atoms with Crippen LogP contribution in [0.3, 0.4) is 0 Å². The molecule has 7 nitrogen and oxygen atoms in total. The van der Waals surface area contributed by atoms with Crippen LogP contribution in [-0.2, 0) is 0 Å². The van der Waals surface area contributed by atoms with E-state index in [4.69, 9.17) is 18.9 Å². The molecule has 0 saturated heterocycles. The van der Waals surface area contributed by atoms with Gasteiger partial charge >= 0.3 is 0 Å². The number of methoxy groups -OCH3 is 4. The van der Waals surface area contributed by atoms with Gasteiger partial charge in [0.25, 0.3) is 5.91 Å². The topological polar surface area (TPSA) is 78.9 Å². The minimum atomic E-state index is -0.317. The highest BCUT2D eigenvalue weighted by Crippen LogP contribution is 2.36. The normalized spacial score (nSPS) is 10.4. The number of benzene rings is 2. The predicted octanol–water partition coefficient (Wildman–Crippen LogP) is 4.86. The zero-order chi connectivity index (χ0) is 21.0. The fourth-order valence-corrected chi connectivity index (χ4v) is 3.90. The first-order chi connectivity index (χ1) is 14.0. The largest absolute Gasteiger partial charge is 0.495 e. The summed E-state index contributed by atoms with van der Waals surface area (Å²) in [4.78, 5) is 17.2. The van der Waals surface area contributed by atoms with Crippen molar-refractivity contribution in [3.63, 3.8) is 0 Å². The highest BCUT2D eigenvalue weighted by molar-refractivity contribution is 9.10. The minimum Gasteiger partial charge on any atom is -0.495 e. The summed E-state index contributed by atoms with van der Waals surface area (Å²) in [5.41, 5.74) is 1.97. The number of anilines is 1.